The Morgan fingerprint density at radius 2 is 2.28 bits per heavy atom. The minimum atomic E-state index is -0.229. The molecule has 1 aliphatic heterocycles. The van der Waals surface area contributed by atoms with E-state index in [2.05, 4.69) is 34.1 Å². The van der Waals surface area contributed by atoms with Gasteiger partial charge in [0, 0.05) is 45.9 Å². The third-order valence-electron chi connectivity index (χ3n) is 4.82. The van der Waals surface area contributed by atoms with Crippen molar-refractivity contribution >= 4 is 5.96 Å². The lowest BCUT2D eigenvalue weighted by Crippen LogP contribution is -2.45. The number of guanidine groups is 1. The van der Waals surface area contributed by atoms with Crippen LogP contribution in [0.25, 0.3) is 0 Å². The molecule has 1 saturated heterocycles. The normalized spacial score (nSPS) is 18.6. The predicted octanol–water partition coefficient (Wildman–Crippen LogP) is 2.46. The number of likely N-dealkylation sites (tertiary alicyclic amines) is 1. The first-order valence-corrected chi connectivity index (χ1v) is 9.01. The Hall–Kier alpha value is -1.66. The fourth-order valence-electron chi connectivity index (χ4n) is 3.49. The van der Waals surface area contributed by atoms with Gasteiger partial charge in [0.05, 0.1) is 6.61 Å². The van der Waals surface area contributed by atoms with Gasteiger partial charge < -0.3 is 15.0 Å². The zero-order chi connectivity index (χ0) is 18.2. The molecule has 0 amide bonds. The molecule has 0 saturated carbocycles. The topological polar surface area (TPSA) is 40.1 Å². The van der Waals surface area contributed by atoms with E-state index in [0.29, 0.717) is 18.2 Å². The van der Waals surface area contributed by atoms with Crippen molar-refractivity contribution in [2.45, 2.75) is 39.0 Å². The highest BCUT2D eigenvalue weighted by Gasteiger charge is 2.24. The fraction of sp³-hybridized carbons (Fsp3) is 0.632. The van der Waals surface area contributed by atoms with Gasteiger partial charge in [0.25, 0.3) is 0 Å². The van der Waals surface area contributed by atoms with Gasteiger partial charge in [-0.05, 0) is 43.6 Å². The van der Waals surface area contributed by atoms with Gasteiger partial charge in [0.15, 0.2) is 5.96 Å². The third-order valence-corrected chi connectivity index (χ3v) is 4.82. The number of ether oxygens (including phenoxy) is 1. The number of aliphatic imine (C=N–C) groups is 1. The van der Waals surface area contributed by atoms with Crippen LogP contribution in [0.15, 0.2) is 23.2 Å². The zero-order valence-corrected chi connectivity index (χ0v) is 15.9. The molecular formula is C19H31FN4O. The Morgan fingerprint density at radius 1 is 1.48 bits per heavy atom. The first kappa shape index (κ1) is 19.7. The van der Waals surface area contributed by atoms with Crippen LogP contribution in [-0.2, 0) is 17.9 Å². The second kappa shape index (κ2) is 9.73. The van der Waals surface area contributed by atoms with Crippen molar-refractivity contribution in [3.63, 3.8) is 0 Å². The van der Waals surface area contributed by atoms with Crippen LogP contribution in [0.3, 0.4) is 0 Å². The van der Waals surface area contributed by atoms with E-state index in [1.807, 2.05) is 6.07 Å². The van der Waals surface area contributed by atoms with Gasteiger partial charge in [-0.25, -0.2) is 4.39 Å². The molecule has 1 N–H and O–H groups in total. The number of likely N-dealkylation sites (N-methyl/N-ethyl adjacent to an activating group) is 2. The van der Waals surface area contributed by atoms with Crippen molar-refractivity contribution in [1.82, 2.24) is 15.1 Å². The van der Waals surface area contributed by atoms with Crippen LogP contribution in [0.4, 0.5) is 4.39 Å². The van der Waals surface area contributed by atoms with Crippen molar-refractivity contribution < 1.29 is 9.13 Å². The zero-order valence-electron chi connectivity index (χ0n) is 15.9. The minimum absolute atomic E-state index is 0.229. The van der Waals surface area contributed by atoms with Crippen molar-refractivity contribution in [3.8, 4) is 0 Å². The van der Waals surface area contributed by atoms with E-state index in [1.54, 1.807) is 20.2 Å². The van der Waals surface area contributed by atoms with Gasteiger partial charge in [-0.3, -0.25) is 9.89 Å². The largest absolute Gasteiger partial charge is 0.380 e. The SMILES string of the molecule is CCN1CCCC1CN(C)C(=NC)NCc1ccc(F)c(COC)c1. The summed E-state index contributed by atoms with van der Waals surface area (Å²) in [5.41, 5.74) is 1.59. The highest BCUT2D eigenvalue weighted by atomic mass is 19.1. The van der Waals surface area contributed by atoms with E-state index in [9.17, 15) is 4.39 Å². The molecule has 0 spiro atoms. The molecule has 25 heavy (non-hydrogen) atoms. The quantitative estimate of drug-likeness (QED) is 0.606. The summed E-state index contributed by atoms with van der Waals surface area (Å²) >= 11 is 0. The molecule has 0 bridgehead atoms. The number of hydrogen-bond acceptors (Lipinski definition) is 3. The average molecular weight is 350 g/mol. The molecule has 0 aromatic heterocycles. The van der Waals surface area contributed by atoms with Crippen molar-refractivity contribution in [2.75, 3.05) is 40.8 Å². The lowest BCUT2D eigenvalue weighted by molar-refractivity contribution is 0.181. The summed E-state index contributed by atoms with van der Waals surface area (Å²) in [6.45, 7) is 6.36. The molecule has 1 aromatic rings. The van der Waals surface area contributed by atoms with Gasteiger partial charge >= 0.3 is 0 Å². The highest BCUT2D eigenvalue weighted by molar-refractivity contribution is 5.79. The summed E-state index contributed by atoms with van der Waals surface area (Å²) in [7, 11) is 5.44. The summed E-state index contributed by atoms with van der Waals surface area (Å²) < 4.78 is 18.8. The van der Waals surface area contributed by atoms with E-state index in [1.165, 1.54) is 25.5 Å². The van der Waals surface area contributed by atoms with E-state index in [-0.39, 0.29) is 12.4 Å². The Balaban J connectivity index is 1.92. The molecule has 1 unspecified atom stereocenters. The fourth-order valence-corrected chi connectivity index (χ4v) is 3.49. The van der Waals surface area contributed by atoms with Crippen LogP contribution < -0.4 is 5.32 Å². The molecule has 1 aromatic carbocycles. The van der Waals surface area contributed by atoms with E-state index < -0.39 is 0 Å². The van der Waals surface area contributed by atoms with Crippen LogP contribution in [0.1, 0.15) is 30.9 Å². The number of hydrogen-bond donors (Lipinski definition) is 1. The Bertz CT molecular complexity index is 579. The van der Waals surface area contributed by atoms with Gasteiger partial charge in [0.1, 0.15) is 5.82 Å². The predicted molar refractivity (Wildman–Crippen MR) is 100 cm³/mol. The number of nitrogens with zero attached hydrogens (tertiary/aromatic N) is 3. The van der Waals surface area contributed by atoms with E-state index >= 15 is 0 Å². The second-order valence-corrected chi connectivity index (χ2v) is 6.56. The summed E-state index contributed by atoms with van der Waals surface area (Å²) in [5, 5.41) is 3.38. The van der Waals surface area contributed by atoms with Gasteiger partial charge in [-0.1, -0.05) is 13.0 Å². The standard InChI is InChI=1S/C19H31FN4O/c1-5-24-10-6-7-17(24)13-23(3)19(21-2)22-12-15-8-9-18(20)16(11-15)14-25-4/h8-9,11,17H,5-7,10,12-14H2,1-4H3,(H,21,22). The number of rotatable bonds is 7. The molecule has 6 heteroatoms. The van der Waals surface area contributed by atoms with Crippen molar-refractivity contribution in [2.24, 2.45) is 4.99 Å². The summed E-state index contributed by atoms with van der Waals surface area (Å²) in [6.07, 6.45) is 2.52. The van der Waals surface area contributed by atoms with Crippen LogP contribution in [0, 0.1) is 5.82 Å². The van der Waals surface area contributed by atoms with Gasteiger partial charge in [-0.2, -0.15) is 0 Å². The maximum absolute atomic E-state index is 13.7. The average Bonchev–Trinajstić information content (AvgIpc) is 3.05. The Labute approximate surface area is 150 Å². The third kappa shape index (κ3) is 5.41. The monoisotopic (exact) mass is 350 g/mol. The molecule has 140 valence electrons. The lowest BCUT2D eigenvalue weighted by atomic mass is 10.1. The molecule has 1 atom stereocenters. The molecule has 2 rings (SSSR count). The van der Waals surface area contributed by atoms with Crippen LogP contribution in [0.5, 0.6) is 0 Å². The van der Waals surface area contributed by atoms with Crippen LogP contribution in [0.2, 0.25) is 0 Å². The summed E-state index contributed by atoms with van der Waals surface area (Å²) in [4.78, 5) is 9.09. The maximum atomic E-state index is 13.7. The molecular weight excluding hydrogens is 319 g/mol. The second-order valence-electron chi connectivity index (χ2n) is 6.56. The molecule has 0 aliphatic carbocycles. The van der Waals surface area contributed by atoms with Crippen LogP contribution in [-0.4, -0.2) is 62.6 Å². The number of nitrogens with one attached hydrogen (secondary N) is 1. The molecule has 1 fully saturated rings. The number of benzene rings is 1. The van der Waals surface area contributed by atoms with Crippen LogP contribution >= 0.6 is 0 Å². The summed E-state index contributed by atoms with van der Waals surface area (Å²) in [5.74, 6) is 0.633. The molecule has 5 nitrogen and oxygen atoms in total. The first-order chi connectivity index (χ1) is 12.1. The Morgan fingerprint density at radius 3 is 2.96 bits per heavy atom. The Kier molecular flexibility index (Phi) is 7.65. The van der Waals surface area contributed by atoms with Gasteiger partial charge in [-0.15, -0.1) is 0 Å². The maximum Gasteiger partial charge on any atom is 0.193 e. The lowest BCUT2D eigenvalue weighted by Gasteiger charge is -2.29. The molecule has 0 radical (unpaired) electrons. The summed E-state index contributed by atoms with van der Waals surface area (Å²) in [6, 6.07) is 5.72. The minimum Gasteiger partial charge on any atom is -0.380 e. The first-order valence-electron chi connectivity index (χ1n) is 9.01. The number of halogens is 1. The van der Waals surface area contributed by atoms with Crippen molar-refractivity contribution in [3.05, 3.63) is 35.1 Å². The number of methoxy groups -OCH3 is 1. The van der Waals surface area contributed by atoms with Crippen molar-refractivity contribution in [1.29, 1.82) is 0 Å². The highest BCUT2D eigenvalue weighted by Crippen LogP contribution is 2.17. The van der Waals surface area contributed by atoms with Gasteiger partial charge in [0.2, 0.25) is 0 Å². The van der Waals surface area contributed by atoms with E-state index in [0.717, 1.165) is 24.6 Å². The smallest absolute Gasteiger partial charge is 0.193 e. The van der Waals surface area contributed by atoms with E-state index in [4.69, 9.17) is 4.74 Å². The molecule has 1 aliphatic rings. The molecule has 1 heterocycles.